The van der Waals surface area contributed by atoms with Crippen LogP contribution in [-0.2, 0) is 0 Å². The number of rotatable bonds is 3. The zero-order valence-corrected chi connectivity index (χ0v) is 10.5. The van der Waals surface area contributed by atoms with Crippen LogP contribution in [0, 0.1) is 5.41 Å². The first-order valence-corrected chi connectivity index (χ1v) is 6.15. The Labute approximate surface area is 102 Å². The molecule has 1 amide bonds. The minimum absolute atomic E-state index is 0.141. The highest BCUT2D eigenvalue weighted by Crippen LogP contribution is 2.29. The predicted molar refractivity (Wildman–Crippen MR) is 65.8 cm³/mol. The van der Waals surface area contributed by atoms with Crippen molar-refractivity contribution in [3.63, 3.8) is 0 Å². The van der Waals surface area contributed by atoms with Gasteiger partial charge in [0.05, 0.1) is 6.26 Å². The molecule has 1 atom stereocenters. The average molecular weight is 236 g/mol. The molecule has 1 aliphatic rings. The third-order valence-electron chi connectivity index (χ3n) is 3.54. The maximum atomic E-state index is 11.7. The van der Waals surface area contributed by atoms with Crippen molar-refractivity contribution in [2.24, 2.45) is 5.41 Å². The maximum Gasteiger partial charge on any atom is 0.287 e. The van der Waals surface area contributed by atoms with E-state index < -0.39 is 0 Å². The molecule has 0 bridgehead atoms. The first-order chi connectivity index (χ1) is 8.09. The summed E-state index contributed by atoms with van der Waals surface area (Å²) in [6, 6.07) is 3.72. The van der Waals surface area contributed by atoms with Crippen LogP contribution >= 0.6 is 0 Å². The molecule has 4 heteroatoms. The Morgan fingerprint density at radius 1 is 1.65 bits per heavy atom. The van der Waals surface area contributed by atoms with E-state index in [0.29, 0.717) is 18.3 Å². The largest absolute Gasteiger partial charge is 0.459 e. The molecule has 2 N–H and O–H groups in total. The Balaban J connectivity index is 1.87. The SMILES string of the molecule is CC1(C)CCCNC1CNC(=O)c1ccco1. The highest BCUT2D eigenvalue weighted by molar-refractivity contribution is 5.91. The number of carbonyl (C=O) groups excluding carboxylic acids is 1. The molecule has 0 saturated carbocycles. The predicted octanol–water partition coefficient (Wildman–Crippen LogP) is 1.79. The van der Waals surface area contributed by atoms with Gasteiger partial charge in [0, 0.05) is 12.6 Å². The molecule has 0 spiro atoms. The molecule has 1 fully saturated rings. The first kappa shape index (κ1) is 12.2. The molecule has 17 heavy (non-hydrogen) atoms. The second kappa shape index (κ2) is 4.92. The first-order valence-electron chi connectivity index (χ1n) is 6.15. The summed E-state index contributed by atoms with van der Waals surface area (Å²) in [6.07, 6.45) is 3.91. The molecule has 1 saturated heterocycles. The van der Waals surface area contributed by atoms with Gasteiger partial charge in [0.25, 0.3) is 5.91 Å². The summed E-state index contributed by atoms with van der Waals surface area (Å²) < 4.78 is 5.05. The molecule has 0 aliphatic carbocycles. The standard InChI is InChI=1S/C13H20N2O2/c1-13(2)6-4-7-14-11(13)9-15-12(16)10-5-3-8-17-10/h3,5,8,11,14H,4,6-7,9H2,1-2H3,(H,15,16). The van der Waals surface area contributed by atoms with Crippen molar-refractivity contribution in [3.05, 3.63) is 24.2 Å². The summed E-state index contributed by atoms with van der Waals surface area (Å²) in [5.74, 6) is 0.233. The van der Waals surface area contributed by atoms with E-state index in [4.69, 9.17) is 4.42 Å². The summed E-state index contributed by atoms with van der Waals surface area (Å²) in [4.78, 5) is 11.7. The summed E-state index contributed by atoms with van der Waals surface area (Å²) in [5.41, 5.74) is 0.231. The van der Waals surface area contributed by atoms with Gasteiger partial charge in [-0.05, 0) is 36.9 Å². The Morgan fingerprint density at radius 3 is 3.12 bits per heavy atom. The second-order valence-electron chi connectivity index (χ2n) is 5.29. The van der Waals surface area contributed by atoms with E-state index in [9.17, 15) is 4.79 Å². The van der Waals surface area contributed by atoms with Crippen molar-refractivity contribution in [1.82, 2.24) is 10.6 Å². The molecule has 2 heterocycles. The minimum atomic E-state index is -0.141. The lowest BCUT2D eigenvalue weighted by Crippen LogP contribution is -2.52. The Hall–Kier alpha value is -1.29. The number of carbonyl (C=O) groups is 1. The number of nitrogens with one attached hydrogen (secondary N) is 2. The normalized spacial score (nSPS) is 23.3. The van der Waals surface area contributed by atoms with Crippen LogP contribution in [-0.4, -0.2) is 25.0 Å². The van der Waals surface area contributed by atoms with Crippen LogP contribution in [0.5, 0.6) is 0 Å². The van der Waals surface area contributed by atoms with E-state index in [1.807, 2.05) is 0 Å². The summed E-state index contributed by atoms with van der Waals surface area (Å²) in [6.45, 7) is 6.16. The highest BCUT2D eigenvalue weighted by atomic mass is 16.3. The van der Waals surface area contributed by atoms with Gasteiger partial charge < -0.3 is 15.1 Å². The van der Waals surface area contributed by atoms with Crippen LogP contribution in [0.15, 0.2) is 22.8 Å². The topological polar surface area (TPSA) is 54.3 Å². The zero-order chi connectivity index (χ0) is 12.3. The maximum absolute atomic E-state index is 11.7. The number of hydrogen-bond donors (Lipinski definition) is 2. The molecule has 4 nitrogen and oxygen atoms in total. The van der Waals surface area contributed by atoms with E-state index in [-0.39, 0.29) is 11.3 Å². The van der Waals surface area contributed by atoms with E-state index in [0.717, 1.165) is 6.54 Å². The van der Waals surface area contributed by atoms with Crippen molar-refractivity contribution in [2.45, 2.75) is 32.7 Å². The molecular weight excluding hydrogens is 216 g/mol. The Kier molecular flexibility index (Phi) is 3.52. The molecule has 2 rings (SSSR count). The van der Waals surface area contributed by atoms with Gasteiger partial charge in [-0.1, -0.05) is 13.8 Å². The molecule has 0 aromatic carbocycles. The smallest absolute Gasteiger partial charge is 0.287 e. The molecule has 1 unspecified atom stereocenters. The summed E-state index contributed by atoms with van der Waals surface area (Å²) in [7, 11) is 0. The number of hydrogen-bond acceptors (Lipinski definition) is 3. The number of amides is 1. The van der Waals surface area contributed by atoms with E-state index in [2.05, 4.69) is 24.5 Å². The quantitative estimate of drug-likeness (QED) is 0.841. The Bertz CT molecular complexity index is 371. The van der Waals surface area contributed by atoms with E-state index in [1.165, 1.54) is 19.1 Å². The van der Waals surface area contributed by atoms with Gasteiger partial charge in [0.15, 0.2) is 5.76 Å². The van der Waals surface area contributed by atoms with Gasteiger partial charge in [0.1, 0.15) is 0 Å². The van der Waals surface area contributed by atoms with Crippen LogP contribution < -0.4 is 10.6 Å². The van der Waals surface area contributed by atoms with Crippen LogP contribution in [0.25, 0.3) is 0 Å². The lowest BCUT2D eigenvalue weighted by Gasteiger charge is -2.39. The molecule has 1 aliphatic heterocycles. The fourth-order valence-corrected chi connectivity index (χ4v) is 2.31. The van der Waals surface area contributed by atoms with Crippen molar-refractivity contribution < 1.29 is 9.21 Å². The molecule has 94 valence electrons. The van der Waals surface area contributed by atoms with Gasteiger partial charge in [-0.2, -0.15) is 0 Å². The fourth-order valence-electron chi connectivity index (χ4n) is 2.31. The van der Waals surface area contributed by atoms with Gasteiger partial charge in [-0.25, -0.2) is 0 Å². The lowest BCUT2D eigenvalue weighted by molar-refractivity contribution is 0.0901. The summed E-state index contributed by atoms with van der Waals surface area (Å²) in [5, 5.41) is 6.38. The Morgan fingerprint density at radius 2 is 2.47 bits per heavy atom. The van der Waals surface area contributed by atoms with Crippen molar-refractivity contribution in [2.75, 3.05) is 13.1 Å². The highest BCUT2D eigenvalue weighted by Gasteiger charge is 2.32. The average Bonchev–Trinajstić information content (AvgIpc) is 2.80. The summed E-state index contributed by atoms with van der Waals surface area (Å²) >= 11 is 0. The van der Waals surface area contributed by atoms with Gasteiger partial charge in [-0.3, -0.25) is 4.79 Å². The zero-order valence-electron chi connectivity index (χ0n) is 10.5. The van der Waals surface area contributed by atoms with Crippen molar-refractivity contribution >= 4 is 5.91 Å². The third kappa shape index (κ3) is 2.88. The van der Waals surface area contributed by atoms with E-state index in [1.54, 1.807) is 12.1 Å². The van der Waals surface area contributed by atoms with E-state index >= 15 is 0 Å². The van der Waals surface area contributed by atoms with Crippen molar-refractivity contribution in [3.8, 4) is 0 Å². The van der Waals surface area contributed by atoms with Gasteiger partial charge >= 0.3 is 0 Å². The minimum Gasteiger partial charge on any atom is -0.459 e. The molecule has 1 aromatic heterocycles. The number of piperidine rings is 1. The monoisotopic (exact) mass is 236 g/mol. The van der Waals surface area contributed by atoms with Crippen molar-refractivity contribution in [1.29, 1.82) is 0 Å². The second-order valence-corrected chi connectivity index (χ2v) is 5.29. The lowest BCUT2D eigenvalue weighted by atomic mass is 9.77. The third-order valence-corrected chi connectivity index (χ3v) is 3.54. The van der Waals surface area contributed by atoms with Crippen LogP contribution in [0.4, 0.5) is 0 Å². The van der Waals surface area contributed by atoms with Gasteiger partial charge in [0.2, 0.25) is 0 Å². The van der Waals surface area contributed by atoms with Gasteiger partial charge in [-0.15, -0.1) is 0 Å². The number of furan rings is 1. The molecular formula is C13H20N2O2. The fraction of sp³-hybridized carbons (Fsp3) is 0.615. The molecule has 0 radical (unpaired) electrons. The van der Waals surface area contributed by atoms with Crippen LogP contribution in [0.3, 0.4) is 0 Å². The van der Waals surface area contributed by atoms with Crippen LogP contribution in [0.1, 0.15) is 37.2 Å². The molecule has 1 aromatic rings. The van der Waals surface area contributed by atoms with Crippen LogP contribution in [0.2, 0.25) is 0 Å².